The van der Waals surface area contributed by atoms with Gasteiger partial charge in [-0.2, -0.15) is 0 Å². The Bertz CT molecular complexity index is 725. The van der Waals surface area contributed by atoms with Crippen molar-refractivity contribution in [1.82, 2.24) is 0 Å². The molecule has 1 unspecified atom stereocenters. The summed E-state index contributed by atoms with van der Waals surface area (Å²) in [4.78, 5) is 11.3. The first kappa shape index (κ1) is 18.3. The van der Waals surface area contributed by atoms with Crippen LogP contribution in [0.3, 0.4) is 0 Å². The lowest BCUT2D eigenvalue weighted by Gasteiger charge is -2.29. The highest BCUT2D eigenvalue weighted by molar-refractivity contribution is 7.48. The number of ether oxygens (including phenoxy) is 3. The smallest absolute Gasteiger partial charge is 0.165 e. The number of rotatable bonds is 7. The molecule has 5 heteroatoms. The van der Waals surface area contributed by atoms with Gasteiger partial charge < -0.3 is 14.2 Å². The van der Waals surface area contributed by atoms with Crippen LogP contribution in [0.1, 0.15) is 29.8 Å². The minimum Gasteiger partial charge on any atom is -0.497 e. The fourth-order valence-corrected chi connectivity index (χ4v) is 4.10. The van der Waals surface area contributed by atoms with Crippen molar-refractivity contribution in [3.05, 3.63) is 47.5 Å². The van der Waals surface area contributed by atoms with Crippen molar-refractivity contribution in [1.29, 1.82) is 0 Å². The van der Waals surface area contributed by atoms with Gasteiger partial charge in [-0.25, -0.2) is 0 Å². The second kappa shape index (κ2) is 7.67. The second-order valence-electron chi connectivity index (χ2n) is 5.87. The zero-order valence-corrected chi connectivity index (χ0v) is 15.7. The highest BCUT2D eigenvalue weighted by Crippen LogP contribution is 2.49. The van der Waals surface area contributed by atoms with Crippen LogP contribution in [0.15, 0.2) is 36.4 Å². The van der Waals surface area contributed by atoms with E-state index in [-0.39, 0.29) is 5.16 Å². The number of aldehydes is 1. The van der Waals surface area contributed by atoms with Gasteiger partial charge in [-0.05, 0) is 11.4 Å². The molecule has 2 aromatic carbocycles. The van der Waals surface area contributed by atoms with Crippen molar-refractivity contribution in [3.8, 4) is 17.2 Å². The lowest BCUT2D eigenvalue weighted by molar-refractivity contribution is 0.112. The summed E-state index contributed by atoms with van der Waals surface area (Å²) in [6, 6.07) is 11.4. The number of carbonyl (C=O) groups excluding carboxylic acids is 1. The van der Waals surface area contributed by atoms with Crippen LogP contribution < -0.4 is 19.5 Å². The van der Waals surface area contributed by atoms with Crippen LogP contribution in [-0.4, -0.2) is 27.6 Å². The number of benzene rings is 2. The van der Waals surface area contributed by atoms with E-state index in [9.17, 15) is 4.79 Å². The van der Waals surface area contributed by atoms with E-state index in [1.165, 1.54) is 0 Å². The molecular formula is C19H23O4P. The topological polar surface area (TPSA) is 44.8 Å². The van der Waals surface area contributed by atoms with Gasteiger partial charge in [0, 0.05) is 22.3 Å². The first-order chi connectivity index (χ1) is 11.5. The molecule has 0 aliphatic heterocycles. The second-order valence-corrected chi connectivity index (χ2v) is 7.90. The molecule has 4 nitrogen and oxygen atoms in total. The molecule has 0 amide bonds. The van der Waals surface area contributed by atoms with Crippen LogP contribution in [0.2, 0.25) is 0 Å². The Kier molecular flexibility index (Phi) is 5.84. The van der Waals surface area contributed by atoms with Crippen molar-refractivity contribution in [2.45, 2.75) is 19.0 Å². The number of methoxy groups -OCH3 is 3. The number of hydrogen-bond donors (Lipinski definition) is 0. The Morgan fingerprint density at radius 1 is 1.00 bits per heavy atom. The van der Waals surface area contributed by atoms with E-state index in [0.29, 0.717) is 25.8 Å². The average Bonchev–Trinajstić information content (AvgIpc) is 2.60. The zero-order valence-electron chi connectivity index (χ0n) is 14.7. The largest absolute Gasteiger partial charge is 0.497 e. The first-order valence-electron chi connectivity index (χ1n) is 7.59. The third kappa shape index (κ3) is 3.70. The van der Waals surface area contributed by atoms with E-state index < -0.39 is 0 Å². The molecule has 2 aromatic rings. The van der Waals surface area contributed by atoms with Gasteiger partial charge in [0.15, 0.2) is 17.8 Å². The van der Waals surface area contributed by atoms with E-state index in [1.54, 1.807) is 27.4 Å². The maximum atomic E-state index is 11.3. The third-order valence-corrected chi connectivity index (χ3v) is 5.52. The number of carbonyl (C=O) groups is 1. The summed E-state index contributed by atoms with van der Waals surface area (Å²) >= 11 is 0. The average molecular weight is 346 g/mol. The minimum absolute atomic E-state index is 0.258. The fraction of sp³-hybridized carbons (Fsp3) is 0.316. The zero-order chi connectivity index (χ0) is 17.7. The van der Waals surface area contributed by atoms with Gasteiger partial charge >= 0.3 is 0 Å². The monoisotopic (exact) mass is 346 g/mol. The van der Waals surface area contributed by atoms with Crippen LogP contribution in [0.5, 0.6) is 17.2 Å². The molecule has 0 aliphatic rings. The summed E-state index contributed by atoms with van der Waals surface area (Å²) in [5.41, 5.74) is 1.71. The molecule has 1 atom stereocenters. The summed E-state index contributed by atoms with van der Waals surface area (Å²) in [7, 11) is 5.25. The molecule has 2 rings (SSSR count). The molecule has 0 heterocycles. The minimum atomic E-state index is -0.258. The lowest BCUT2D eigenvalue weighted by Crippen LogP contribution is -2.18. The summed E-state index contributed by atoms with van der Waals surface area (Å²) < 4.78 is 16.5. The Balaban J connectivity index is 2.53. The van der Waals surface area contributed by atoms with Crippen molar-refractivity contribution in [2.24, 2.45) is 0 Å². The Hall–Kier alpha value is -2.06. The molecule has 0 spiro atoms. The van der Waals surface area contributed by atoms with E-state index in [0.717, 1.165) is 22.7 Å². The SMILES string of the molecule is COc1cc(OC)c(OC)c(C(C)(C)Pc2ccccc2C=O)c1. The highest BCUT2D eigenvalue weighted by Gasteiger charge is 2.29. The van der Waals surface area contributed by atoms with Gasteiger partial charge in [0.25, 0.3) is 0 Å². The molecule has 0 saturated carbocycles. The molecule has 0 radical (unpaired) electrons. The van der Waals surface area contributed by atoms with Crippen LogP contribution in [0.4, 0.5) is 0 Å². The molecule has 24 heavy (non-hydrogen) atoms. The maximum Gasteiger partial charge on any atom is 0.165 e. The normalized spacial score (nSPS) is 11.5. The fourth-order valence-electron chi connectivity index (χ4n) is 2.64. The molecular weight excluding hydrogens is 323 g/mol. The van der Waals surface area contributed by atoms with Crippen molar-refractivity contribution >= 4 is 20.2 Å². The predicted octanol–water partition coefficient (Wildman–Crippen LogP) is 3.76. The van der Waals surface area contributed by atoms with E-state index in [1.807, 2.05) is 30.3 Å². The Morgan fingerprint density at radius 3 is 2.29 bits per heavy atom. The molecule has 0 aromatic heterocycles. The summed E-state index contributed by atoms with van der Waals surface area (Å²) in [6.07, 6.45) is 0.905. The van der Waals surface area contributed by atoms with E-state index in [2.05, 4.69) is 13.8 Å². The molecule has 0 bridgehead atoms. The van der Waals surface area contributed by atoms with E-state index >= 15 is 0 Å². The summed E-state index contributed by atoms with van der Waals surface area (Å²) in [5, 5.41) is 0.771. The van der Waals surface area contributed by atoms with Gasteiger partial charge in [0.1, 0.15) is 5.75 Å². The van der Waals surface area contributed by atoms with Crippen molar-refractivity contribution < 1.29 is 19.0 Å². The lowest BCUT2D eigenvalue weighted by atomic mass is 10.00. The van der Waals surface area contributed by atoms with Crippen molar-refractivity contribution in [3.63, 3.8) is 0 Å². The highest BCUT2D eigenvalue weighted by atomic mass is 31.1. The molecule has 0 aliphatic carbocycles. The van der Waals surface area contributed by atoms with Crippen molar-refractivity contribution in [2.75, 3.05) is 21.3 Å². The first-order valence-corrected chi connectivity index (χ1v) is 8.59. The van der Waals surface area contributed by atoms with Gasteiger partial charge in [0.2, 0.25) is 0 Å². The Morgan fingerprint density at radius 2 is 1.71 bits per heavy atom. The van der Waals surface area contributed by atoms with Gasteiger partial charge in [-0.3, -0.25) is 4.79 Å². The van der Waals surface area contributed by atoms with Crippen LogP contribution >= 0.6 is 8.58 Å². The molecule has 0 fully saturated rings. The Labute approximate surface area is 144 Å². The standard InChI is InChI=1S/C19H23O4P/c1-19(2,24-17-9-7-6-8-13(17)12-20)15-10-14(21-3)11-16(22-4)18(15)23-5/h6-12,24H,1-5H3. The van der Waals surface area contributed by atoms with Gasteiger partial charge in [0.05, 0.1) is 21.3 Å². The van der Waals surface area contributed by atoms with Crippen LogP contribution in [-0.2, 0) is 5.16 Å². The number of hydrogen-bond acceptors (Lipinski definition) is 4. The molecule has 0 N–H and O–H groups in total. The van der Waals surface area contributed by atoms with Crippen LogP contribution in [0, 0.1) is 0 Å². The van der Waals surface area contributed by atoms with Gasteiger partial charge in [-0.1, -0.05) is 46.7 Å². The predicted molar refractivity (Wildman–Crippen MR) is 98.9 cm³/mol. The summed E-state index contributed by atoms with van der Waals surface area (Å²) in [6.45, 7) is 4.26. The molecule has 128 valence electrons. The molecule has 0 saturated heterocycles. The quantitative estimate of drug-likeness (QED) is 0.566. The maximum absolute atomic E-state index is 11.3. The summed E-state index contributed by atoms with van der Waals surface area (Å²) in [5.74, 6) is 2.04. The third-order valence-electron chi connectivity index (χ3n) is 3.90. The van der Waals surface area contributed by atoms with Crippen LogP contribution in [0.25, 0.3) is 0 Å². The van der Waals surface area contributed by atoms with Gasteiger partial charge in [-0.15, -0.1) is 0 Å². The van der Waals surface area contributed by atoms with E-state index in [4.69, 9.17) is 14.2 Å².